The Bertz CT molecular complexity index is 950. The number of thiazole rings is 1. The van der Waals surface area contributed by atoms with Gasteiger partial charge in [0.15, 0.2) is 5.13 Å². The van der Waals surface area contributed by atoms with Crippen LogP contribution in [-0.4, -0.2) is 48.6 Å². The van der Waals surface area contributed by atoms with E-state index in [4.69, 9.17) is 21.3 Å². The Labute approximate surface area is 167 Å². The quantitative estimate of drug-likeness (QED) is 0.653. The lowest BCUT2D eigenvalue weighted by molar-refractivity contribution is 0.0747. The van der Waals surface area contributed by atoms with Crippen LogP contribution >= 0.6 is 22.9 Å². The van der Waals surface area contributed by atoms with E-state index >= 15 is 0 Å². The Kier molecular flexibility index (Phi) is 5.18. The predicted molar refractivity (Wildman–Crippen MR) is 110 cm³/mol. The zero-order valence-electron chi connectivity index (χ0n) is 15.0. The molecule has 3 aromatic rings. The molecule has 0 radical (unpaired) electrons. The first-order valence-electron chi connectivity index (χ1n) is 8.97. The predicted octanol–water partition coefficient (Wildman–Crippen LogP) is 4.31. The van der Waals surface area contributed by atoms with Gasteiger partial charge in [0.05, 0.1) is 16.8 Å². The SMILES string of the molecule is CCOc1ccc2nc(N3CCN(C(=O)c4ccc(Cl)cc4)CC3)sc2c1. The van der Waals surface area contributed by atoms with Crippen LogP contribution in [0.1, 0.15) is 17.3 Å². The van der Waals surface area contributed by atoms with Crippen molar-refractivity contribution in [3.63, 3.8) is 0 Å². The molecule has 1 saturated heterocycles. The fraction of sp³-hybridized carbons (Fsp3) is 0.300. The van der Waals surface area contributed by atoms with Gasteiger partial charge < -0.3 is 14.5 Å². The molecule has 1 amide bonds. The van der Waals surface area contributed by atoms with Gasteiger partial charge in [-0.15, -0.1) is 0 Å². The Balaban J connectivity index is 1.43. The van der Waals surface area contributed by atoms with Crippen molar-refractivity contribution in [3.05, 3.63) is 53.1 Å². The molecule has 1 aliphatic rings. The van der Waals surface area contributed by atoms with E-state index in [1.807, 2.05) is 30.0 Å². The number of amides is 1. The van der Waals surface area contributed by atoms with Crippen molar-refractivity contribution in [1.82, 2.24) is 9.88 Å². The average Bonchev–Trinajstić information content (AvgIpc) is 3.12. The van der Waals surface area contributed by atoms with Crippen LogP contribution in [0.15, 0.2) is 42.5 Å². The lowest BCUT2D eigenvalue weighted by atomic mass is 10.2. The summed E-state index contributed by atoms with van der Waals surface area (Å²) < 4.78 is 6.69. The summed E-state index contributed by atoms with van der Waals surface area (Å²) in [5.74, 6) is 0.926. The molecule has 0 bridgehead atoms. The summed E-state index contributed by atoms with van der Waals surface area (Å²) in [4.78, 5) is 21.5. The van der Waals surface area contributed by atoms with Crippen molar-refractivity contribution >= 4 is 44.2 Å². The summed E-state index contributed by atoms with van der Waals surface area (Å²) in [7, 11) is 0. The normalized spacial score (nSPS) is 14.6. The fourth-order valence-corrected chi connectivity index (χ4v) is 4.33. The molecule has 140 valence electrons. The molecule has 0 aliphatic carbocycles. The molecule has 27 heavy (non-hydrogen) atoms. The summed E-state index contributed by atoms with van der Waals surface area (Å²) in [5, 5.41) is 1.64. The molecule has 0 unspecified atom stereocenters. The van der Waals surface area contributed by atoms with Crippen molar-refractivity contribution < 1.29 is 9.53 Å². The second-order valence-electron chi connectivity index (χ2n) is 6.35. The number of carbonyl (C=O) groups excluding carboxylic acids is 1. The fourth-order valence-electron chi connectivity index (χ4n) is 3.16. The number of hydrogen-bond acceptors (Lipinski definition) is 5. The van der Waals surface area contributed by atoms with Crippen LogP contribution in [0, 0.1) is 0 Å². The molecule has 1 aliphatic heterocycles. The zero-order chi connectivity index (χ0) is 18.8. The summed E-state index contributed by atoms with van der Waals surface area (Å²) >= 11 is 7.57. The van der Waals surface area contributed by atoms with Gasteiger partial charge in [-0.3, -0.25) is 4.79 Å². The standard InChI is InChI=1S/C20H20ClN3O2S/c1-2-26-16-7-8-17-18(13-16)27-20(22-17)24-11-9-23(10-12-24)19(25)14-3-5-15(21)6-4-14/h3-8,13H,2,9-12H2,1H3. The van der Waals surface area contributed by atoms with E-state index in [9.17, 15) is 4.79 Å². The smallest absolute Gasteiger partial charge is 0.253 e. The first kappa shape index (κ1) is 18.1. The Hall–Kier alpha value is -2.31. The van der Waals surface area contributed by atoms with Crippen LogP contribution in [-0.2, 0) is 0 Å². The maximum Gasteiger partial charge on any atom is 0.253 e. The van der Waals surface area contributed by atoms with Gasteiger partial charge in [0, 0.05) is 36.8 Å². The maximum atomic E-state index is 12.6. The number of carbonyl (C=O) groups is 1. The van der Waals surface area contributed by atoms with E-state index in [-0.39, 0.29) is 5.91 Å². The summed E-state index contributed by atoms with van der Waals surface area (Å²) in [6.07, 6.45) is 0. The Morgan fingerprint density at radius 1 is 1.15 bits per heavy atom. The number of aromatic nitrogens is 1. The molecular formula is C20H20ClN3O2S. The first-order valence-corrected chi connectivity index (χ1v) is 10.2. The van der Waals surface area contributed by atoms with Gasteiger partial charge in [-0.25, -0.2) is 4.98 Å². The van der Waals surface area contributed by atoms with Crippen molar-refractivity contribution in [2.24, 2.45) is 0 Å². The van der Waals surface area contributed by atoms with Crippen LogP contribution in [0.4, 0.5) is 5.13 Å². The third kappa shape index (κ3) is 3.87. The highest BCUT2D eigenvalue weighted by Crippen LogP contribution is 2.32. The molecule has 7 heteroatoms. The molecule has 0 atom stereocenters. The van der Waals surface area contributed by atoms with E-state index in [1.54, 1.807) is 35.6 Å². The summed E-state index contributed by atoms with van der Waals surface area (Å²) in [6.45, 7) is 5.55. The summed E-state index contributed by atoms with van der Waals surface area (Å²) in [5.41, 5.74) is 1.66. The first-order chi connectivity index (χ1) is 13.1. The number of nitrogens with zero attached hydrogens (tertiary/aromatic N) is 3. The number of rotatable bonds is 4. The molecule has 0 N–H and O–H groups in total. The van der Waals surface area contributed by atoms with E-state index in [1.165, 1.54) is 0 Å². The van der Waals surface area contributed by atoms with E-state index in [2.05, 4.69) is 4.90 Å². The number of piperazine rings is 1. The van der Waals surface area contributed by atoms with Crippen molar-refractivity contribution in [2.45, 2.75) is 6.92 Å². The Morgan fingerprint density at radius 3 is 2.59 bits per heavy atom. The Morgan fingerprint density at radius 2 is 1.89 bits per heavy atom. The van der Waals surface area contributed by atoms with Gasteiger partial charge in [0.25, 0.3) is 5.91 Å². The molecule has 4 rings (SSSR count). The molecule has 0 saturated carbocycles. The molecular weight excluding hydrogens is 382 g/mol. The van der Waals surface area contributed by atoms with Crippen LogP contribution in [0.2, 0.25) is 5.02 Å². The van der Waals surface area contributed by atoms with Gasteiger partial charge >= 0.3 is 0 Å². The van der Waals surface area contributed by atoms with Gasteiger partial charge in [-0.2, -0.15) is 0 Å². The minimum Gasteiger partial charge on any atom is -0.494 e. The highest BCUT2D eigenvalue weighted by molar-refractivity contribution is 7.22. The molecule has 0 spiro atoms. The number of hydrogen-bond donors (Lipinski definition) is 0. The van der Waals surface area contributed by atoms with Crippen molar-refractivity contribution in [1.29, 1.82) is 0 Å². The molecule has 5 nitrogen and oxygen atoms in total. The summed E-state index contributed by atoms with van der Waals surface area (Å²) in [6, 6.07) is 13.1. The second kappa shape index (κ2) is 7.74. The van der Waals surface area contributed by atoms with Crippen molar-refractivity contribution in [2.75, 3.05) is 37.7 Å². The average molecular weight is 402 g/mol. The largest absolute Gasteiger partial charge is 0.494 e. The second-order valence-corrected chi connectivity index (χ2v) is 7.79. The van der Waals surface area contributed by atoms with Crippen LogP contribution in [0.5, 0.6) is 5.75 Å². The van der Waals surface area contributed by atoms with Crippen molar-refractivity contribution in [3.8, 4) is 5.75 Å². The van der Waals surface area contributed by atoms with Gasteiger partial charge in [-0.05, 0) is 49.4 Å². The van der Waals surface area contributed by atoms with Gasteiger partial charge in [-0.1, -0.05) is 22.9 Å². The molecule has 1 aromatic heterocycles. The topological polar surface area (TPSA) is 45.7 Å². The third-order valence-corrected chi connectivity index (χ3v) is 5.92. The molecule has 2 heterocycles. The third-order valence-electron chi connectivity index (χ3n) is 4.59. The van der Waals surface area contributed by atoms with Crippen LogP contribution < -0.4 is 9.64 Å². The number of benzene rings is 2. The lowest BCUT2D eigenvalue weighted by Gasteiger charge is -2.34. The molecule has 1 fully saturated rings. The minimum atomic E-state index is 0.0528. The minimum absolute atomic E-state index is 0.0528. The highest BCUT2D eigenvalue weighted by Gasteiger charge is 2.24. The number of anilines is 1. The van der Waals surface area contributed by atoms with Gasteiger partial charge in [0.1, 0.15) is 5.75 Å². The lowest BCUT2D eigenvalue weighted by Crippen LogP contribution is -2.48. The van der Waals surface area contributed by atoms with Crippen LogP contribution in [0.25, 0.3) is 10.2 Å². The number of fused-ring (bicyclic) bond motifs is 1. The monoisotopic (exact) mass is 401 g/mol. The highest BCUT2D eigenvalue weighted by atomic mass is 35.5. The maximum absolute atomic E-state index is 12.6. The zero-order valence-corrected chi connectivity index (χ0v) is 16.6. The molecule has 2 aromatic carbocycles. The van der Waals surface area contributed by atoms with E-state index in [0.29, 0.717) is 30.3 Å². The van der Waals surface area contributed by atoms with E-state index in [0.717, 1.165) is 34.2 Å². The number of ether oxygens (including phenoxy) is 1. The number of halogens is 1. The van der Waals surface area contributed by atoms with Crippen LogP contribution in [0.3, 0.4) is 0 Å². The van der Waals surface area contributed by atoms with Gasteiger partial charge in [0.2, 0.25) is 0 Å². The van der Waals surface area contributed by atoms with E-state index < -0.39 is 0 Å².